The van der Waals surface area contributed by atoms with Crippen molar-refractivity contribution in [1.82, 2.24) is 35.7 Å². The first-order chi connectivity index (χ1) is 21.8. The molecule has 11 heteroatoms. The Morgan fingerprint density at radius 3 is 2.43 bits per heavy atom. The van der Waals surface area contributed by atoms with Crippen LogP contribution in [0.1, 0.15) is 121 Å². The number of rotatable bonds is 9. The van der Waals surface area contributed by atoms with E-state index in [4.69, 9.17) is 9.73 Å². The number of ether oxygens (including phenoxy) is 1. The number of nitrogens with zero attached hydrogens (tertiary/aromatic N) is 6. The van der Waals surface area contributed by atoms with Crippen LogP contribution in [0.4, 0.5) is 0 Å². The summed E-state index contributed by atoms with van der Waals surface area (Å²) in [6.45, 7) is 16.3. The number of nitrogens with one attached hydrogen (secondary N) is 2. The fourth-order valence-corrected chi connectivity index (χ4v) is 7.55. The van der Waals surface area contributed by atoms with Crippen LogP contribution in [0.2, 0.25) is 0 Å². The Balaban J connectivity index is 1.46. The Labute approximate surface area is 274 Å². The third kappa shape index (κ3) is 7.78. The van der Waals surface area contributed by atoms with Gasteiger partial charge in [-0.15, -0.1) is 10.2 Å². The summed E-state index contributed by atoms with van der Waals surface area (Å²) < 4.78 is 5.51. The number of hydrogen-bond acceptors (Lipinski definition) is 8. The second kappa shape index (κ2) is 13.8. The SMILES string of the molecule is COCC1CCCN(C2=NC3(CCC(C(C)(C)C)CC3)N([C@H](CCC(C)(C)C)c3ccc(C(=O)NCc4nn[nH]n4)cc3)C2=O)C1. The number of piperidine rings is 1. The number of amidine groups is 1. The fraction of sp³-hybridized carbons (Fsp3) is 0.714. The molecule has 1 saturated carbocycles. The molecule has 252 valence electrons. The second-order valence-electron chi connectivity index (χ2n) is 15.9. The van der Waals surface area contributed by atoms with E-state index in [2.05, 4.69) is 77.3 Å². The Morgan fingerprint density at radius 2 is 1.83 bits per heavy atom. The van der Waals surface area contributed by atoms with E-state index in [0.717, 1.165) is 70.0 Å². The average Bonchev–Trinajstić information content (AvgIpc) is 3.63. The summed E-state index contributed by atoms with van der Waals surface area (Å²) in [5.41, 5.74) is 1.33. The molecule has 5 rings (SSSR count). The molecular formula is C35H54N8O3. The maximum absolute atomic E-state index is 14.8. The van der Waals surface area contributed by atoms with Gasteiger partial charge in [0.15, 0.2) is 11.7 Å². The van der Waals surface area contributed by atoms with Crippen molar-refractivity contribution in [2.45, 2.75) is 111 Å². The predicted octanol–water partition coefficient (Wildman–Crippen LogP) is 5.53. The summed E-state index contributed by atoms with van der Waals surface area (Å²) in [6.07, 6.45) is 7.72. The molecule has 1 spiro atoms. The summed E-state index contributed by atoms with van der Waals surface area (Å²) in [4.78, 5) is 37.6. The van der Waals surface area contributed by atoms with E-state index in [9.17, 15) is 9.59 Å². The van der Waals surface area contributed by atoms with Crippen molar-refractivity contribution < 1.29 is 14.3 Å². The molecule has 2 amide bonds. The highest BCUT2D eigenvalue weighted by molar-refractivity contribution is 6.39. The molecular weight excluding hydrogens is 580 g/mol. The number of amides is 2. The van der Waals surface area contributed by atoms with E-state index in [1.807, 2.05) is 24.3 Å². The average molecular weight is 635 g/mol. The molecule has 0 radical (unpaired) electrons. The Morgan fingerprint density at radius 1 is 1.11 bits per heavy atom. The van der Waals surface area contributed by atoms with Crippen LogP contribution in [-0.2, 0) is 16.1 Å². The van der Waals surface area contributed by atoms with Gasteiger partial charge in [-0.25, -0.2) is 4.99 Å². The summed E-state index contributed by atoms with van der Waals surface area (Å²) in [6, 6.07) is 7.60. The minimum atomic E-state index is -0.564. The van der Waals surface area contributed by atoms with Crippen LogP contribution in [0.25, 0.3) is 0 Å². The predicted molar refractivity (Wildman–Crippen MR) is 178 cm³/mol. The lowest BCUT2D eigenvalue weighted by Crippen LogP contribution is -2.52. The number of tetrazole rings is 1. The van der Waals surface area contributed by atoms with Crippen molar-refractivity contribution in [2.24, 2.45) is 27.7 Å². The van der Waals surface area contributed by atoms with Gasteiger partial charge in [0.05, 0.1) is 19.2 Å². The van der Waals surface area contributed by atoms with E-state index in [0.29, 0.717) is 35.7 Å². The Bertz CT molecular complexity index is 1350. The van der Waals surface area contributed by atoms with Crippen LogP contribution in [0.15, 0.2) is 29.3 Å². The largest absolute Gasteiger partial charge is 0.384 e. The fourth-order valence-electron chi connectivity index (χ4n) is 7.55. The third-order valence-corrected chi connectivity index (χ3v) is 10.2. The molecule has 3 heterocycles. The lowest BCUT2D eigenvalue weighted by Gasteiger charge is -2.47. The number of methoxy groups -OCH3 is 1. The van der Waals surface area contributed by atoms with Crippen LogP contribution in [-0.4, -0.2) is 80.5 Å². The van der Waals surface area contributed by atoms with Crippen molar-refractivity contribution in [3.8, 4) is 0 Å². The number of likely N-dealkylation sites (tertiary alicyclic amines) is 1. The van der Waals surface area contributed by atoms with Gasteiger partial charge in [0.2, 0.25) is 0 Å². The second-order valence-corrected chi connectivity index (χ2v) is 15.9. The zero-order chi connectivity index (χ0) is 33.1. The normalized spacial score (nSPS) is 24.8. The highest BCUT2D eigenvalue weighted by atomic mass is 16.5. The molecule has 1 unspecified atom stereocenters. The number of benzene rings is 1. The zero-order valence-electron chi connectivity index (χ0n) is 28.9. The molecule has 2 N–H and O–H groups in total. The van der Waals surface area contributed by atoms with E-state index in [1.54, 1.807) is 7.11 Å². The first kappa shape index (κ1) is 34.0. The number of carbonyl (C=O) groups excluding carboxylic acids is 2. The van der Waals surface area contributed by atoms with Crippen molar-refractivity contribution in [3.63, 3.8) is 0 Å². The number of H-pyrrole nitrogens is 1. The van der Waals surface area contributed by atoms with E-state index in [1.165, 1.54) is 0 Å². The van der Waals surface area contributed by atoms with Gasteiger partial charge in [-0.05, 0) is 91.7 Å². The molecule has 0 bridgehead atoms. The zero-order valence-corrected chi connectivity index (χ0v) is 28.9. The molecule has 2 atom stereocenters. The summed E-state index contributed by atoms with van der Waals surface area (Å²) >= 11 is 0. The van der Waals surface area contributed by atoms with Crippen LogP contribution in [0.5, 0.6) is 0 Å². The maximum Gasteiger partial charge on any atom is 0.291 e. The molecule has 1 saturated heterocycles. The minimum Gasteiger partial charge on any atom is -0.384 e. The lowest BCUT2D eigenvalue weighted by atomic mass is 9.69. The standard InChI is InChI=1S/C35H54N8O3/c1-33(2,3)17-16-28(25-10-12-26(13-11-25)31(44)36-21-29-38-40-41-39-29)43-32(45)30(42-20-8-9-24(22-42)23-46-7)37-35(43)18-14-27(15-19-35)34(4,5)6/h10-13,24,27-28H,8-9,14-23H2,1-7H3,(H,36,44)(H,38,39,40,41)/t24?,27?,28-,35?/m1/s1. The molecule has 11 nitrogen and oxygen atoms in total. The highest BCUT2D eigenvalue weighted by Gasteiger charge is 2.54. The van der Waals surface area contributed by atoms with Gasteiger partial charge in [0, 0.05) is 25.8 Å². The number of aromatic amines is 1. The molecule has 2 aromatic rings. The van der Waals surface area contributed by atoms with Gasteiger partial charge in [-0.2, -0.15) is 5.21 Å². The van der Waals surface area contributed by atoms with E-state index >= 15 is 0 Å². The van der Waals surface area contributed by atoms with Gasteiger partial charge in [-0.1, -0.05) is 58.9 Å². The first-order valence-corrected chi connectivity index (χ1v) is 17.1. The van der Waals surface area contributed by atoms with Gasteiger partial charge in [0.1, 0.15) is 5.66 Å². The monoisotopic (exact) mass is 634 g/mol. The summed E-state index contributed by atoms with van der Waals surface area (Å²) in [5, 5.41) is 16.6. The number of aromatic nitrogens is 4. The van der Waals surface area contributed by atoms with Crippen molar-refractivity contribution in [1.29, 1.82) is 0 Å². The maximum atomic E-state index is 14.8. The van der Waals surface area contributed by atoms with E-state index < -0.39 is 5.66 Å². The van der Waals surface area contributed by atoms with Crippen molar-refractivity contribution in [2.75, 3.05) is 26.8 Å². The van der Waals surface area contributed by atoms with Gasteiger partial charge in [0.25, 0.3) is 11.8 Å². The number of hydrogen-bond donors (Lipinski definition) is 2. The van der Waals surface area contributed by atoms with Crippen molar-refractivity contribution >= 4 is 17.6 Å². The lowest BCUT2D eigenvalue weighted by molar-refractivity contribution is -0.134. The molecule has 3 aliphatic rings. The highest BCUT2D eigenvalue weighted by Crippen LogP contribution is 2.50. The Hall–Kier alpha value is -3.34. The van der Waals surface area contributed by atoms with E-state index in [-0.39, 0.29) is 35.2 Å². The Kier molecular flexibility index (Phi) is 10.2. The van der Waals surface area contributed by atoms with Crippen molar-refractivity contribution in [3.05, 3.63) is 41.2 Å². The molecule has 2 aliphatic heterocycles. The molecule has 2 fully saturated rings. The van der Waals surface area contributed by atoms with Gasteiger partial charge >= 0.3 is 0 Å². The smallest absolute Gasteiger partial charge is 0.291 e. The molecule has 1 aromatic heterocycles. The topological polar surface area (TPSA) is 129 Å². The van der Waals surface area contributed by atoms with Crippen LogP contribution in [0, 0.1) is 22.7 Å². The molecule has 46 heavy (non-hydrogen) atoms. The van der Waals surface area contributed by atoms with Crippen LogP contribution in [0.3, 0.4) is 0 Å². The number of carbonyl (C=O) groups is 2. The summed E-state index contributed by atoms with van der Waals surface area (Å²) in [7, 11) is 1.75. The minimum absolute atomic E-state index is 0.0492. The third-order valence-electron chi connectivity index (χ3n) is 10.2. The quantitative estimate of drug-likeness (QED) is 0.371. The van der Waals surface area contributed by atoms with Crippen LogP contribution >= 0.6 is 0 Å². The summed E-state index contributed by atoms with van der Waals surface area (Å²) in [5.74, 6) is 1.88. The van der Waals surface area contributed by atoms with Gasteiger partial charge < -0.3 is 19.9 Å². The van der Waals surface area contributed by atoms with Gasteiger partial charge in [-0.3, -0.25) is 9.59 Å². The van der Waals surface area contributed by atoms with Crippen LogP contribution < -0.4 is 5.32 Å². The number of aliphatic imine (C=N–C) groups is 1. The molecule has 1 aliphatic carbocycles. The first-order valence-electron chi connectivity index (χ1n) is 17.1. The molecule has 1 aromatic carbocycles.